The van der Waals surface area contributed by atoms with Gasteiger partial charge in [-0.3, -0.25) is 4.79 Å². The second-order valence-corrected chi connectivity index (χ2v) is 3.00. The van der Waals surface area contributed by atoms with E-state index in [0.717, 1.165) is 6.42 Å². The Bertz CT molecular complexity index is 134. The molecule has 0 heterocycles. The SMILES string of the molecule is CCC(C)N(C)C(=O)C(C)N. The number of amides is 1. The van der Waals surface area contributed by atoms with Crippen LogP contribution in [0.3, 0.4) is 0 Å². The summed E-state index contributed by atoms with van der Waals surface area (Å²) in [6.45, 7) is 5.77. The van der Waals surface area contributed by atoms with Gasteiger partial charge in [0.25, 0.3) is 0 Å². The first-order valence-corrected chi connectivity index (χ1v) is 4.03. The molecule has 66 valence electrons. The van der Waals surface area contributed by atoms with Crippen LogP contribution in [-0.4, -0.2) is 29.9 Å². The third-order valence-corrected chi connectivity index (χ3v) is 1.99. The van der Waals surface area contributed by atoms with Crippen LogP contribution < -0.4 is 5.73 Å². The largest absolute Gasteiger partial charge is 0.342 e. The molecule has 0 aliphatic rings. The molecule has 0 saturated heterocycles. The van der Waals surface area contributed by atoms with Crippen LogP contribution in [0.1, 0.15) is 27.2 Å². The van der Waals surface area contributed by atoms with E-state index in [2.05, 4.69) is 6.92 Å². The minimum atomic E-state index is -0.381. The zero-order valence-electron chi connectivity index (χ0n) is 7.79. The predicted molar refractivity (Wildman–Crippen MR) is 46.2 cm³/mol. The maximum Gasteiger partial charge on any atom is 0.239 e. The lowest BCUT2D eigenvalue weighted by Crippen LogP contribution is -2.43. The average molecular weight is 158 g/mol. The summed E-state index contributed by atoms with van der Waals surface area (Å²) < 4.78 is 0. The normalized spacial score (nSPS) is 15.7. The minimum Gasteiger partial charge on any atom is -0.342 e. The maximum absolute atomic E-state index is 11.2. The van der Waals surface area contributed by atoms with Crippen molar-refractivity contribution >= 4 is 5.91 Å². The molecule has 0 bridgehead atoms. The molecule has 0 saturated carbocycles. The summed E-state index contributed by atoms with van der Waals surface area (Å²) >= 11 is 0. The van der Waals surface area contributed by atoms with Crippen molar-refractivity contribution in [1.82, 2.24) is 4.90 Å². The molecule has 2 unspecified atom stereocenters. The highest BCUT2D eigenvalue weighted by Gasteiger charge is 2.16. The molecule has 0 aromatic rings. The van der Waals surface area contributed by atoms with Crippen molar-refractivity contribution in [1.29, 1.82) is 0 Å². The van der Waals surface area contributed by atoms with Gasteiger partial charge in [0.2, 0.25) is 5.91 Å². The molecule has 0 aromatic heterocycles. The van der Waals surface area contributed by atoms with Crippen molar-refractivity contribution in [2.45, 2.75) is 39.3 Å². The van der Waals surface area contributed by atoms with Gasteiger partial charge < -0.3 is 10.6 Å². The Morgan fingerprint density at radius 3 is 2.27 bits per heavy atom. The summed E-state index contributed by atoms with van der Waals surface area (Å²) in [7, 11) is 1.79. The molecule has 3 nitrogen and oxygen atoms in total. The van der Waals surface area contributed by atoms with Gasteiger partial charge in [0.15, 0.2) is 0 Å². The highest BCUT2D eigenvalue weighted by molar-refractivity contribution is 5.81. The molecule has 1 amide bonds. The van der Waals surface area contributed by atoms with Gasteiger partial charge in [-0.25, -0.2) is 0 Å². The number of hydrogen-bond donors (Lipinski definition) is 1. The van der Waals surface area contributed by atoms with Crippen LogP contribution in [-0.2, 0) is 4.79 Å². The molecule has 0 radical (unpaired) electrons. The Morgan fingerprint density at radius 2 is 2.00 bits per heavy atom. The van der Waals surface area contributed by atoms with Gasteiger partial charge in [0, 0.05) is 13.1 Å². The third kappa shape index (κ3) is 2.89. The highest BCUT2D eigenvalue weighted by Crippen LogP contribution is 2.01. The Hall–Kier alpha value is -0.570. The molecule has 11 heavy (non-hydrogen) atoms. The fourth-order valence-electron chi connectivity index (χ4n) is 0.812. The fraction of sp³-hybridized carbons (Fsp3) is 0.875. The Morgan fingerprint density at radius 1 is 1.55 bits per heavy atom. The summed E-state index contributed by atoms with van der Waals surface area (Å²) in [5, 5.41) is 0. The molecule has 0 rings (SSSR count). The predicted octanol–water partition coefficient (Wildman–Crippen LogP) is 0.591. The average Bonchev–Trinajstić information content (AvgIpc) is 2.00. The minimum absolute atomic E-state index is 0.0133. The standard InChI is InChI=1S/C8H18N2O/c1-5-6(2)10(4)8(11)7(3)9/h6-7H,5,9H2,1-4H3. The smallest absolute Gasteiger partial charge is 0.239 e. The number of nitrogens with two attached hydrogens (primary N) is 1. The van der Waals surface area contributed by atoms with Gasteiger partial charge in [-0.1, -0.05) is 6.92 Å². The monoisotopic (exact) mass is 158 g/mol. The zero-order chi connectivity index (χ0) is 9.02. The highest BCUT2D eigenvalue weighted by atomic mass is 16.2. The van der Waals surface area contributed by atoms with Crippen LogP contribution in [0.5, 0.6) is 0 Å². The number of carbonyl (C=O) groups excluding carboxylic acids is 1. The quantitative estimate of drug-likeness (QED) is 0.653. The molecular weight excluding hydrogens is 140 g/mol. The van der Waals surface area contributed by atoms with E-state index >= 15 is 0 Å². The van der Waals surface area contributed by atoms with E-state index in [4.69, 9.17) is 5.73 Å². The lowest BCUT2D eigenvalue weighted by molar-refractivity contribution is -0.132. The lowest BCUT2D eigenvalue weighted by atomic mass is 10.2. The first-order valence-electron chi connectivity index (χ1n) is 4.03. The van der Waals surface area contributed by atoms with Gasteiger partial charge in [-0.05, 0) is 20.3 Å². The number of rotatable bonds is 3. The van der Waals surface area contributed by atoms with Crippen molar-refractivity contribution in [3.63, 3.8) is 0 Å². The molecule has 2 N–H and O–H groups in total. The molecule has 0 aliphatic heterocycles. The van der Waals surface area contributed by atoms with E-state index in [1.54, 1.807) is 18.9 Å². The van der Waals surface area contributed by atoms with E-state index in [1.165, 1.54) is 0 Å². The summed E-state index contributed by atoms with van der Waals surface area (Å²) in [4.78, 5) is 12.9. The van der Waals surface area contributed by atoms with Crippen LogP contribution >= 0.6 is 0 Å². The van der Waals surface area contributed by atoms with E-state index in [1.807, 2.05) is 6.92 Å². The first-order chi connectivity index (χ1) is 5.00. The Labute approximate surface area is 68.6 Å². The maximum atomic E-state index is 11.2. The van der Waals surface area contributed by atoms with Gasteiger partial charge in [-0.15, -0.1) is 0 Å². The number of hydrogen-bond acceptors (Lipinski definition) is 2. The van der Waals surface area contributed by atoms with Crippen LogP contribution in [0.4, 0.5) is 0 Å². The van der Waals surface area contributed by atoms with Crippen molar-refractivity contribution in [3.8, 4) is 0 Å². The summed E-state index contributed by atoms with van der Waals surface area (Å²) in [6, 6.07) is -0.0949. The number of nitrogens with zero attached hydrogens (tertiary/aromatic N) is 1. The van der Waals surface area contributed by atoms with Crippen LogP contribution in [0.2, 0.25) is 0 Å². The van der Waals surface area contributed by atoms with E-state index < -0.39 is 0 Å². The van der Waals surface area contributed by atoms with E-state index in [9.17, 15) is 4.79 Å². The summed E-state index contributed by atoms with van der Waals surface area (Å²) in [5.74, 6) is 0.0133. The lowest BCUT2D eigenvalue weighted by Gasteiger charge is -2.25. The van der Waals surface area contributed by atoms with Crippen molar-refractivity contribution in [3.05, 3.63) is 0 Å². The van der Waals surface area contributed by atoms with Gasteiger partial charge in [-0.2, -0.15) is 0 Å². The van der Waals surface area contributed by atoms with Gasteiger partial charge in [0.1, 0.15) is 0 Å². The fourth-order valence-corrected chi connectivity index (χ4v) is 0.812. The number of carbonyl (C=O) groups is 1. The van der Waals surface area contributed by atoms with Crippen molar-refractivity contribution in [2.24, 2.45) is 5.73 Å². The van der Waals surface area contributed by atoms with Gasteiger partial charge >= 0.3 is 0 Å². The third-order valence-electron chi connectivity index (χ3n) is 1.99. The zero-order valence-corrected chi connectivity index (χ0v) is 7.79. The molecule has 0 fully saturated rings. The van der Waals surface area contributed by atoms with Crippen molar-refractivity contribution < 1.29 is 4.79 Å². The van der Waals surface area contributed by atoms with Gasteiger partial charge in [0.05, 0.1) is 6.04 Å². The molecule has 0 aromatic carbocycles. The number of likely N-dealkylation sites (N-methyl/N-ethyl adjacent to an activating group) is 1. The van der Waals surface area contributed by atoms with E-state index in [0.29, 0.717) is 0 Å². The summed E-state index contributed by atoms with van der Waals surface area (Å²) in [5.41, 5.74) is 5.44. The van der Waals surface area contributed by atoms with Crippen molar-refractivity contribution in [2.75, 3.05) is 7.05 Å². The molecular formula is C8H18N2O. The molecule has 0 aliphatic carbocycles. The van der Waals surface area contributed by atoms with Crippen LogP contribution in [0.15, 0.2) is 0 Å². The molecule has 0 spiro atoms. The van der Waals surface area contributed by atoms with Crippen LogP contribution in [0, 0.1) is 0 Å². The Kier molecular flexibility index (Phi) is 4.11. The second-order valence-electron chi connectivity index (χ2n) is 3.00. The first kappa shape index (κ1) is 10.4. The van der Waals surface area contributed by atoms with Crippen LogP contribution in [0.25, 0.3) is 0 Å². The molecule has 3 heteroatoms. The Balaban J connectivity index is 4.02. The topological polar surface area (TPSA) is 46.3 Å². The second kappa shape index (κ2) is 4.34. The molecule has 2 atom stereocenters. The van der Waals surface area contributed by atoms with E-state index in [-0.39, 0.29) is 18.0 Å². The summed E-state index contributed by atoms with van der Waals surface area (Å²) in [6.07, 6.45) is 0.967.